The Morgan fingerprint density at radius 2 is 1.32 bits per heavy atom. The molecule has 0 radical (unpaired) electrons. The molecule has 0 aromatic rings. The standard InChI is InChI=1S/C27H57N3O4S2.HI/c1-6-7-8-9-10-11-12-13-14-15-16-17-18-19-22-35-25-26(29-27(31)34-5)24-28-36(32,33)23-20-21-30(2,3)4;/h26,28H,6-25H2,1-5H3;1H. The van der Waals surface area contributed by atoms with Crippen LogP contribution in [-0.4, -0.2) is 83.6 Å². The summed E-state index contributed by atoms with van der Waals surface area (Å²) in [5, 5.41) is 2.76. The number of rotatable bonds is 25. The Balaban J connectivity index is 0. The molecule has 1 amide bonds. The summed E-state index contributed by atoms with van der Waals surface area (Å²) in [6.07, 6.45) is 18.9. The fourth-order valence-corrected chi connectivity index (χ4v) is 6.20. The lowest BCUT2D eigenvalue weighted by Gasteiger charge is -2.23. The van der Waals surface area contributed by atoms with Gasteiger partial charge in [-0.25, -0.2) is 17.9 Å². The van der Waals surface area contributed by atoms with Gasteiger partial charge in [-0.2, -0.15) is 11.8 Å². The smallest absolute Gasteiger partial charge is 0.407 e. The van der Waals surface area contributed by atoms with Crippen LogP contribution in [0, 0.1) is 0 Å². The van der Waals surface area contributed by atoms with E-state index in [1.807, 2.05) is 21.1 Å². The van der Waals surface area contributed by atoms with Crippen molar-refractivity contribution in [3.8, 4) is 0 Å². The molecule has 37 heavy (non-hydrogen) atoms. The van der Waals surface area contributed by atoms with Gasteiger partial charge in [-0.3, -0.25) is 0 Å². The predicted molar refractivity (Wildman–Crippen MR) is 156 cm³/mol. The number of carbonyl (C=O) groups is 1. The number of nitrogens with zero attached hydrogens (tertiary/aromatic N) is 1. The van der Waals surface area contributed by atoms with E-state index in [4.69, 9.17) is 4.74 Å². The molecule has 0 bridgehead atoms. The van der Waals surface area contributed by atoms with Crippen molar-refractivity contribution in [1.29, 1.82) is 0 Å². The van der Waals surface area contributed by atoms with Gasteiger partial charge in [-0.1, -0.05) is 90.4 Å². The first-order valence-corrected chi connectivity index (χ1v) is 17.1. The third-order valence-corrected chi connectivity index (χ3v) is 8.91. The number of carbonyl (C=O) groups excluding carboxylic acids is 1. The molecule has 0 aliphatic rings. The van der Waals surface area contributed by atoms with Gasteiger partial charge < -0.3 is 38.5 Å². The van der Waals surface area contributed by atoms with Crippen molar-refractivity contribution in [2.45, 2.75) is 109 Å². The highest BCUT2D eigenvalue weighted by atomic mass is 127. The van der Waals surface area contributed by atoms with Crippen molar-refractivity contribution in [1.82, 2.24) is 10.0 Å². The monoisotopic (exact) mass is 679 g/mol. The minimum absolute atomic E-state index is 0. The zero-order valence-corrected chi connectivity index (χ0v) is 28.3. The maximum Gasteiger partial charge on any atom is 0.407 e. The summed E-state index contributed by atoms with van der Waals surface area (Å²) in [7, 11) is 4.10. The zero-order valence-electron chi connectivity index (χ0n) is 24.5. The van der Waals surface area contributed by atoms with E-state index in [1.54, 1.807) is 11.8 Å². The number of alkyl carbamates (subject to hydrolysis) is 1. The molecule has 1 atom stereocenters. The van der Waals surface area contributed by atoms with E-state index in [-0.39, 0.29) is 42.3 Å². The van der Waals surface area contributed by atoms with Crippen molar-refractivity contribution in [3.63, 3.8) is 0 Å². The topological polar surface area (TPSA) is 84.5 Å². The number of quaternary nitrogens is 1. The molecule has 0 aromatic heterocycles. The van der Waals surface area contributed by atoms with Crippen LogP contribution in [0.5, 0.6) is 0 Å². The van der Waals surface area contributed by atoms with Gasteiger partial charge in [0.2, 0.25) is 10.0 Å². The lowest BCUT2D eigenvalue weighted by molar-refractivity contribution is -0.870. The minimum atomic E-state index is -3.36. The molecule has 0 spiro atoms. The van der Waals surface area contributed by atoms with Crippen molar-refractivity contribution in [2.75, 3.05) is 58.6 Å². The van der Waals surface area contributed by atoms with Crippen LogP contribution in [0.2, 0.25) is 0 Å². The Morgan fingerprint density at radius 3 is 1.78 bits per heavy atom. The van der Waals surface area contributed by atoms with Crippen LogP contribution in [0.25, 0.3) is 0 Å². The van der Waals surface area contributed by atoms with Gasteiger partial charge in [0.25, 0.3) is 0 Å². The molecule has 0 aliphatic carbocycles. The average Bonchev–Trinajstić information content (AvgIpc) is 2.81. The lowest BCUT2D eigenvalue weighted by atomic mass is 10.0. The molecule has 0 fully saturated rings. The molecule has 10 heteroatoms. The fraction of sp³-hybridized carbons (Fsp3) is 0.963. The van der Waals surface area contributed by atoms with Crippen LogP contribution in [0.4, 0.5) is 4.79 Å². The number of halogens is 1. The fourth-order valence-electron chi connectivity index (χ4n) is 4.03. The summed E-state index contributed by atoms with van der Waals surface area (Å²) in [5.41, 5.74) is 0. The average molecular weight is 680 g/mol. The molecule has 0 saturated carbocycles. The second kappa shape index (κ2) is 25.2. The number of amides is 1. The van der Waals surface area contributed by atoms with Crippen LogP contribution < -0.4 is 34.0 Å². The third kappa shape index (κ3) is 29.0. The number of hydrogen-bond donors (Lipinski definition) is 2. The highest BCUT2D eigenvalue weighted by Crippen LogP contribution is 2.14. The first-order valence-electron chi connectivity index (χ1n) is 14.3. The number of unbranched alkanes of at least 4 members (excludes halogenated alkanes) is 13. The lowest BCUT2D eigenvalue weighted by Crippen LogP contribution is -3.00. The zero-order chi connectivity index (χ0) is 27.1. The highest BCUT2D eigenvalue weighted by molar-refractivity contribution is 7.99. The van der Waals surface area contributed by atoms with Gasteiger partial charge in [0.1, 0.15) is 0 Å². The van der Waals surface area contributed by atoms with Gasteiger partial charge in [-0.15, -0.1) is 0 Å². The first-order chi connectivity index (χ1) is 17.1. The van der Waals surface area contributed by atoms with Crippen LogP contribution in [-0.2, 0) is 14.8 Å². The molecule has 0 aliphatic heterocycles. The second-order valence-corrected chi connectivity index (χ2v) is 14.1. The van der Waals surface area contributed by atoms with Crippen molar-refractivity contribution in [2.24, 2.45) is 0 Å². The number of hydrogen-bond acceptors (Lipinski definition) is 5. The third-order valence-electron chi connectivity index (χ3n) is 6.26. The quantitative estimate of drug-likeness (QED) is 0.0882. The van der Waals surface area contributed by atoms with E-state index in [1.165, 1.54) is 90.6 Å². The second-order valence-electron chi connectivity index (χ2n) is 11.0. The Morgan fingerprint density at radius 1 is 0.838 bits per heavy atom. The molecule has 0 rings (SSSR count). The number of nitrogens with one attached hydrogen (secondary N) is 2. The predicted octanol–water partition coefficient (Wildman–Crippen LogP) is 2.95. The molecule has 7 nitrogen and oxygen atoms in total. The Kier molecular flexibility index (Phi) is 26.8. The minimum Gasteiger partial charge on any atom is -1.00 e. The first kappa shape index (κ1) is 39.4. The number of sulfonamides is 1. The molecule has 0 aromatic carbocycles. The summed E-state index contributed by atoms with van der Waals surface area (Å²) in [6, 6.07) is -0.290. The largest absolute Gasteiger partial charge is 1.00 e. The highest BCUT2D eigenvalue weighted by Gasteiger charge is 2.18. The van der Waals surface area contributed by atoms with Crippen molar-refractivity contribution >= 4 is 27.9 Å². The van der Waals surface area contributed by atoms with Gasteiger partial charge >= 0.3 is 6.09 Å². The maximum absolute atomic E-state index is 12.3. The summed E-state index contributed by atoms with van der Waals surface area (Å²) >= 11 is 1.76. The summed E-state index contributed by atoms with van der Waals surface area (Å²) < 4.78 is 32.8. The van der Waals surface area contributed by atoms with E-state index in [0.717, 1.165) is 23.2 Å². The summed E-state index contributed by atoms with van der Waals surface area (Å²) in [5.74, 6) is 1.78. The summed E-state index contributed by atoms with van der Waals surface area (Å²) in [6.45, 7) is 3.25. The van der Waals surface area contributed by atoms with Crippen LogP contribution in [0.15, 0.2) is 0 Å². The Bertz CT molecular complexity index is 632. The van der Waals surface area contributed by atoms with Gasteiger partial charge in [-0.05, 0) is 12.2 Å². The van der Waals surface area contributed by atoms with E-state index >= 15 is 0 Å². The van der Waals surface area contributed by atoms with E-state index in [0.29, 0.717) is 12.2 Å². The van der Waals surface area contributed by atoms with Gasteiger partial charge in [0, 0.05) is 18.7 Å². The van der Waals surface area contributed by atoms with E-state index < -0.39 is 16.1 Å². The SMILES string of the molecule is CCCCCCCCCCCCCCCCSCC(CNS(=O)(=O)CCC[N+](C)(C)C)NC(=O)OC.[I-]. The number of methoxy groups -OCH3 is 1. The molecule has 224 valence electrons. The van der Waals surface area contributed by atoms with E-state index in [9.17, 15) is 13.2 Å². The van der Waals surface area contributed by atoms with Crippen LogP contribution in [0.3, 0.4) is 0 Å². The molecule has 0 saturated heterocycles. The van der Waals surface area contributed by atoms with Crippen molar-refractivity contribution in [3.05, 3.63) is 0 Å². The number of ether oxygens (including phenoxy) is 1. The molecule has 0 heterocycles. The Hall–Kier alpha value is 0.220. The van der Waals surface area contributed by atoms with E-state index in [2.05, 4.69) is 17.0 Å². The van der Waals surface area contributed by atoms with Gasteiger partial charge in [0.15, 0.2) is 0 Å². The normalized spacial score (nSPS) is 12.7. The summed E-state index contributed by atoms with van der Waals surface area (Å²) in [4.78, 5) is 11.7. The molecule has 2 N–H and O–H groups in total. The molecular weight excluding hydrogens is 621 g/mol. The van der Waals surface area contributed by atoms with Crippen LogP contribution >= 0.6 is 11.8 Å². The Labute approximate surface area is 251 Å². The van der Waals surface area contributed by atoms with Crippen molar-refractivity contribution < 1.29 is 46.4 Å². The van der Waals surface area contributed by atoms with Crippen LogP contribution in [0.1, 0.15) is 103 Å². The maximum atomic E-state index is 12.3. The molecule has 1 unspecified atom stereocenters. The number of thioether (sulfide) groups is 1. The van der Waals surface area contributed by atoms with Gasteiger partial charge in [0.05, 0.1) is 46.6 Å². The molecular formula is C27H58IN3O4S2.